The summed E-state index contributed by atoms with van der Waals surface area (Å²) in [5, 5.41) is 11.9. The average molecular weight is 406 g/mol. The molecule has 2 aliphatic rings. The summed E-state index contributed by atoms with van der Waals surface area (Å²) in [5.41, 5.74) is 1.23. The van der Waals surface area contributed by atoms with Gasteiger partial charge in [-0.25, -0.2) is 9.37 Å². The van der Waals surface area contributed by atoms with Crippen LogP contribution in [0, 0.1) is 5.82 Å². The molecule has 2 fully saturated rings. The molecule has 2 saturated heterocycles. The third-order valence-corrected chi connectivity index (χ3v) is 6.03. The molecule has 0 saturated carbocycles. The summed E-state index contributed by atoms with van der Waals surface area (Å²) in [7, 11) is 0. The SMILES string of the molecule is O=C(c1csc(N2CCOCC2)n1)N1CCN(c2cccc(CO)c2F)CC1. The van der Waals surface area contributed by atoms with Crippen LogP contribution in [0.4, 0.5) is 15.2 Å². The van der Waals surface area contributed by atoms with Crippen LogP contribution in [0.1, 0.15) is 16.1 Å². The number of rotatable bonds is 4. The van der Waals surface area contributed by atoms with Crippen molar-refractivity contribution in [1.82, 2.24) is 9.88 Å². The predicted molar refractivity (Wildman–Crippen MR) is 106 cm³/mol. The van der Waals surface area contributed by atoms with Gasteiger partial charge in [0.15, 0.2) is 10.9 Å². The van der Waals surface area contributed by atoms with Crippen LogP contribution in [0.3, 0.4) is 0 Å². The molecular formula is C19H23FN4O3S. The van der Waals surface area contributed by atoms with Crippen molar-refractivity contribution in [3.63, 3.8) is 0 Å². The number of benzene rings is 1. The molecule has 0 bridgehead atoms. The maximum atomic E-state index is 14.5. The maximum Gasteiger partial charge on any atom is 0.273 e. The number of anilines is 2. The highest BCUT2D eigenvalue weighted by molar-refractivity contribution is 7.13. The van der Waals surface area contributed by atoms with E-state index in [1.54, 1.807) is 23.1 Å². The lowest BCUT2D eigenvalue weighted by molar-refractivity contribution is 0.0741. The number of piperazine rings is 1. The predicted octanol–water partition coefficient (Wildman–Crippen LogP) is 1.57. The average Bonchev–Trinajstić information content (AvgIpc) is 3.24. The van der Waals surface area contributed by atoms with Crippen molar-refractivity contribution < 1.29 is 19.0 Å². The van der Waals surface area contributed by atoms with Crippen LogP contribution in [0.2, 0.25) is 0 Å². The third kappa shape index (κ3) is 3.82. The Hall–Kier alpha value is -2.23. The van der Waals surface area contributed by atoms with Gasteiger partial charge in [0.2, 0.25) is 0 Å². The highest BCUT2D eigenvalue weighted by atomic mass is 32.1. The summed E-state index contributed by atoms with van der Waals surface area (Å²) in [6, 6.07) is 5.03. The standard InChI is InChI=1S/C19H23FN4O3S/c20-17-14(12-25)2-1-3-16(17)22-4-6-23(7-5-22)18(26)15-13-28-19(21-15)24-8-10-27-11-9-24/h1-3,13,25H,4-12H2. The first-order valence-electron chi connectivity index (χ1n) is 9.38. The van der Waals surface area contributed by atoms with E-state index in [4.69, 9.17) is 4.74 Å². The number of aliphatic hydroxyl groups excluding tert-OH is 1. The molecule has 150 valence electrons. The molecule has 0 spiro atoms. The summed E-state index contributed by atoms with van der Waals surface area (Å²) >= 11 is 1.48. The number of nitrogens with zero attached hydrogens (tertiary/aromatic N) is 4. The van der Waals surface area contributed by atoms with Gasteiger partial charge in [-0.15, -0.1) is 11.3 Å². The zero-order valence-electron chi connectivity index (χ0n) is 15.5. The largest absolute Gasteiger partial charge is 0.392 e. The summed E-state index contributed by atoms with van der Waals surface area (Å²) in [4.78, 5) is 23.1. The number of amides is 1. The van der Waals surface area contributed by atoms with E-state index >= 15 is 0 Å². The van der Waals surface area contributed by atoms with Gasteiger partial charge in [-0.2, -0.15) is 0 Å². The molecule has 3 heterocycles. The van der Waals surface area contributed by atoms with E-state index in [1.807, 2.05) is 10.3 Å². The van der Waals surface area contributed by atoms with Crippen LogP contribution in [-0.4, -0.2) is 73.4 Å². The number of thiazole rings is 1. The minimum atomic E-state index is -0.389. The van der Waals surface area contributed by atoms with Gasteiger partial charge in [-0.05, 0) is 6.07 Å². The van der Waals surface area contributed by atoms with Crippen molar-refractivity contribution in [2.45, 2.75) is 6.61 Å². The molecule has 2 aromatic rings. The first-order valence-corrected chi connectivity index (χ1v) is 10.3. The van der Waals surface area contributed by atoms with Crippen molar-refractivity contribution in [1.29, 1.82) is 0 Å². The third-order valence-electron chi connectivity index (χ3n) is 5.13. The van der Waals surface area contributed by atoms with Crippen molar-refractivity contribution in [3.8, 4) is 0 Å². The molecular weight excluding hydrogens is 383 g/mol. The number of carbonyl (C=O) groups is 1. The molecule has 0 atom stereocenters. The van der Waals surface area contributed by atoms with E-state index in [-0.39, 0.29) is 23.9 Å². The number of aromatic nitrogens is 1. The smallest absolute Gasteiger partial charge is 0.273 e. The molecule has 2 aliphatic heterocycles. The van der Waals surface area contributed by atoms with Crippen LogP contribution in [0.5, 0.6) is 0 Å². The van der Waals surface area contributed by atoms with Gasteiger partial charge in [-0.1, -0.05) is 12.1 Å². The van der Waals surface area contributed by atoms with Crippen molar-refractivity contribution in [2.24, 2.45) is 0 Å². The molecule has 1 N–H and O–H groups in total. The van der Waals surface area contributed by atoms with Crippen LogP contribution in [-0.2, 0) is 11.3 Å². The Labute approximate surface area is 167 Å². The van der Waals surface area contributed by atoms with Gasteiger partial charge >= 0.3 is 0 Å². The van der Waals surface area contributed by atoms with Crippen LogP contribution in [0.15, 0.2) is 23.6 Å². The molecule has 1 amide bonds. The van der Waals surface area contributed by atoms with E-state index in [1.165, 1.54) is 11.3 Å². The van der Waals surface area contributed by atoms with E-state index in [0.717, 1.165) is 18.2 Å². The molecule has 0 radical (unpaired) electrons. The second-order valence-corrected chi connectivity index (χ2v) is 7.64. The molecule has 1 aromatic heterocycles. The molecule has 7 nitrogen and oxygen atoms in total. The number of hydrogen-bond acceptors (Lipinski definition) is 7. The zero-order valence-corrected chi connectivity index (χ0v) is 16.3. The fourth-order valence-corrected chi connectivity index (χ4v) is 4.36. The minimum absolute atomic E-state index is 0.0833. The van der Waals surface area contributed by atoms with Crippen LogP contribution in [0.25, 0.3) is 0 Å². The topological polar surface area (TPSA) is 69.1 Å². The Bertz CT molecular complexity index is 832. The molecule has 28 heavy (non-hydrogen) atoms. The van der Waals surface area contributed by atoms with E-state index in [0.29, 0.717) is 50.8 Å². The maximum absolute atomic E-state index is 14.5. The van der Waals surface area contributed by atoms with E-state index in [2.05, 4.69) is 9.88 Å². The summed E-state index contributed by atoms with van der Waals surface area (Å²) < 4.78 is 19.8. The molecule has 1 aromatic carbocycles. The number of hydrogen-bond donors (Lipinski definition) is 1. The Morgan fingerprint density at radius 1 is 1.14 bits per heavy atom. The monoisotopic (exact) mass is 406 g/mol. The van der Waals surface area contributed by atoms with E-state index in [9.17, 15) is 14.3 Å². The van der Waals surface area contributed by atoms with Gasteiger partial charge in [0.25, 0.3) is 5.91 Å². The highest BCUT2D eigenvalue weighted by Crippen LogP contribution is 2.25. The number of aliphatic hydroxyl groups is 1. The first-order chi connectivity index (χ1) is 13.7. The Balaban J connectivity index is 1.38. The lowest BCUT2D eigenvalue weighted by atomic mass is 10.1. The fourth-order valence-electron chi connectivity index (χ4n) is 3.51. The van der Waals surface area contributed by atoms with Crippen molar-refractivity contribution in [3.05, 3.63) is 40.7 Å². The summed E-state index contributed by atoms with van der Waals surface area (Å²) in [5.74, 6) is -0.473. The van der Waals surface area contributed by atoms with Gasteiger partial charge in [0, 0.05) is 50.2 Å². The number of ether oxygens (including phenoxy) is 1. The van der Waals surface area contributed by atoms with Crippen molar-refractivity contribution in [2.75, 3.05) is 62.3 Å². The Morgan fingerprint density at radius 3 is 2.61 bits per heavy atom. The van der Waals surface area contributed by atoms with E-state index < -0.39 is 0 Å². The molecule has 9 heteroatoms. The summed E-state index contributed by atoms with van der Waals surface area (Å²) in [6.45, 7) is 4.70. The molecule has 4 rings (SSSR count). The van der Waals surface area contributed by atoms with Gasteiger partial charge < -0.3 is 24.5 Å². The van der Waals surface area contributed by atoms with Crippen LogP contribution < -0.4 is 9.80 Å². The van der Waals surface area contributed by atoms with Crippen LogP contribution >= 0.6 is 11.3 Å². The fraction of sp³-hybridized carbons (Fsp3) is 0.474. The van der Waals surface area contributed by atoms with Gasteiger partial charge in [-0.3, -0.25) is 4.79 Å². The van der Waals surface area contributed by atoms with Gasteiger partial charge in [0.05, 0.1) is 25.5 Å². The first kappa shape index (κ1) is 19.1. The zero-order chi connectivity index (χ0) is 19.5. The quantitative estimate of drug-likeness (QED) is 0.832. The highest BCUT2D eigenvalue weighted by Gasteiger charge is 2.26. The molecule has 0 aliphatic carbocycles. The lowest BCUT2D eigenvalue weighted by Crippen LogP contribution is -2.49. The number of carbonyl (C=O) groups excluding carboxylic acids is 1. The Morgan fingerprint density at radius 2 is 1.89 bits per heavy atom. The van der Waals surface area contributed by atoms with Gasteiger partial charge in [0.1, 0.15) is 5.69 Å². The Kier molecular flexibility index (Phi) is 5.74. The lowest BCUT2D eigenvalue weighted by Gasteiger charge is -2.36. The molecule has 0 unspecified atom stereocenters. The number of halogens is 1. The minimum Gasteiger partial charge on any atom is -0.392 e. The number of morpholine rings is 1. The van der Waals surface area contributed by atoms with Crippen molar-refractivity contribution >= 4 is 28.1 Å². The normalized spacial score (nSPS) is 17.9. The second kappa shape index (κ2) is 8.42. The second-order valence-electron chi connectivity index (χ2n) is 6.80. The summed E-state index contributed by atoms with van der Waals surface area (Å²) in [6.07, 6.45) is 0.